The number of carbonyl (C=O) groups excluding carboxylic acids is 1. The smallest absolute Gasteiger partial charge is 0.275 e. The summed E-state index contributed by atoms with van der Waals surface area (Å²) in [6.07, 6.45) is 1.03. The fraction of sp³-hybridized carbons (Fsp3) is 0.714. The molecule has 0 radical (unpaired) electrons. The van der Waals surface area contributed by atoms with E-state index >= 15 is 0 Å². The Morgan fingerprint density at radius 1 is 1.43 bits per heavy atom. The number of fused-ring (bicyclic) bond motifs is 1. The summed E-state index contributed by atoms with van der Waals surface area (Å²) in [4.78, 5) is 16.6. The number of carbonyl (C=O) groups is 1. The molecule has 21 heavy (non-hydrogen) atoms. The third kappa shape index (κ3) is 2.80. The zero-order chi connectivity index (χ0) is 15.0. The van der Waals surface area contributed by atoms with Gasteiger partial charge >= 0.3 is 0 Å². The summed E-state index contributed by atoms with van der Waals surface area (Å²) in [5.74, 6) is 0.514. The Labute approximate surface area is 130 Å². The van der Waals surface area contributed by atoms with Crippen LogP contribution in [-0.4, -0.2) is 65.8 Å². The fourth-order valence-electron chi connectivity index (χ4n) is 3.08. The van der Waals surface area contributed by atoms with Crippen molar-refractivity contribution in [2.45, 2.75) is 19.5 Å². The molecule has 6 nitrogen and oxygen atoms in total. The molecule has 7 heteroatoms. The number of aromatic nitrogens is 2. The average molecular weight is 312 g/mol. The molecule has 1 aromatic heterocycles. The van der Waals surface area contributed by atoms with Crippen LogP contribution in [0.1, 0.15) is 22.6 Å². The van der Waals surface area contributed by atoms with Crippen LogP contribution in [0.15, 0.2) is 0 Å². The van der Waals surface area contributed by atoms with Crippen molar-refractivity contribution in [3.05, 3.63) is 16.4 Å². The first-order chi connectivity index (χ1) is 10.1. The molecular formula is C14H22ClN5O. The van der Waals surface area contributed by atoms with Crippen molar-refractivity contribution in [2.75, 3.05) is 40.3 Å². The molecular weight excluding hydrogens is 290 g/mol. The number of amides is 1. The van der Waals surface area contributed by atoms with Crippen LogP contribution in [0.5, 0.6) is 0 Å². The first-order valence-electron chi connectivity index (χ1n) is 7.47. The molecule has 116 valence electrons. The normalized spacial score (nSPS) is 20.0. The maximum absolute atomic E-state index is 12.5. The minimum atomic E-state index is -0.0319. The van der Waals surface area contributed by atoms with Gasteiger partial charge in [-0.05, 0) is 20.5 Å². The van der Waals surface area contributed by atoms with Gasteiger partial charge in [0.05, 0.1) is 10.7 Å². The standard InChI is InChI=1S/C14H22ClN5O/c1-16-6-10-7-19(8-10)14(21)13-12(15)11-9-18(2)4-3-5-20(11)17-13/h10,16H,3-9H2,1-2H3. The zero-order valence-electron chi connectivity index (χ0n) is 12.6. The molecule has 1 fully saturated rings. The van der Waals surface area contributed by atoms with Gasteiger partial charge in [0.25, 0.3) is 5.91 Å². The fourth-order valence-corrected chi connectivity index (χ4v) is 3.35. The number of hydrogen-bond acceptors (Lipinski definition) is 4. The lowest BCUT2D eigenvalue weighted by atomic mass is 10.00. The zero-order valence-corrected chi connectivity index (χ0v) is 13.4. The summed E-state index contributed by atoms with van der Waals surface area (Å²) < 4.78 is 1.91. The molecule has 1 aromatic rings. The van der Waals surface area contributed by atoms with Gasteiger partial charge in [0.15, 0.2) is 5.69 Å². The molecule has 2 aliphatic heterocycles. The van der Waals surface area contributed by atoms with E-state index in [0.29, 0.717) is 16.6 Å². The summed E-state index contributed by atoms with van der Waals surface area (Å²) in [7, 11) is 4.00. The van der Waals surface area contributed by atoms with E-state index in [2.05, 4.69) is 22.4 Å². The molecule has 0 aromatic carbocycles. The van der Waals surface area contributed by atoms with Crippen molar-refractivity contribution >= 4 is 17.5 Å². The monoisotopic (exact) mass is 311 g/mol. The quantitative estimate of drug-likeness (QED) is 0.891. The Hall–Kier alpha value is -1.11. The van der Waals surface area contributed by atoms with Crippen molar-refractivity contribution < 1.29 is 4.79 Å². The van der Waals surface area contributed by atoms with Crippen LogP contribution in [0.3, 0.4) is 0 Å². The summed E-state index contributed by atoms with van der Waals surface area (Å²) in [5.41, 5.74) is 1.39. The largest absolute Gasteiger partial charge is 0.336 e. The number of halogens is 1. The van der Waals surface area contributed by atoms with Crippen LogP contribution < -0.4 is 5.32 Å². The molecule has 2 aliphatic rings. The van der Waals surface area contributed by atoms with Crippen LogP contribution in [0.25, 0.3) is 0 Å². The molecule has 1 amide bonds. The van der Waals surface area contributed by atoms with Gasteiger partial charge in [-0.2, -0.15) is 5.10 Å². The van der Waals surface area contributed by atoms with Gasteiger partial charge in [-0.25, -0.2) is 0 Å². The van der Waals surface area contributed by atoms with E-state index in [1.165, 1.54) is 0 Å². The number of nitrogens with one attached hydrogen (secondary N) is 1. The van der Waals surface area contributed by atoms with Gasteiger partial charge in [0.1, 0.15) is 0 Å². The summed E-state index contributed by atoms with van der Waals surface area (Å²) in [5, 5.41) is 8.15. The van der Waals surface area contributed by atoms with Crippen LogP contribution in [0.4, 0.5) is 0 Å². The van der Waals surface area contributed by atoms with Crippen molar-refractivity contribution in [1.82, 2.24) is 24.9 Å². The number of hydrogen-bond donors (Lipinski definition) is 1. The maximum Gasteiger partial charge on any atom is 0.275 e. The topological polar surface area (TPSA) is 53.4 Å². The highest BCUT2D eigenvalue weighted by atomic mass is 35.5. The molecule has 1 saturated heterocycles. The lowest BCUT2D eigenvalue weighted by Crippen LogP contribution is -2.53. The second-order valence-corrected chi connectivity index (χ2v) is 6.44. The van der Waals surface area contributed by atoms with E-state index in [0.717, 1.165) is 51.4 Å². The van der Waals surface area contributed by atoms with Crippen molar-refractivity contribution in [2.24, 2.45) is 5.92 Å². The van der Waals surface area contributed by atoms with Gasteiger partial charge in [0, 0.05) is 45.2 Å². The second kappa shape index (κ2) is 5.94. The van der Waals surface area contributed by atoms with Gasteiger partial charge in [-0.15, -0.1) is 0 Å². The first kappa shape index (κ1) is 14.8. The Morgan fingerprint density at radius 2 is 2.19 bits per heavy atom. The van der Waals surface area contributed by atoms with Crippen molar-refractivity contribution in [1.29, 1.82) is 0 Å². The molecule has 3 rings (SSSR count). The highest BCUT2D eigenvalue weighted by Crippen LogP contribution is 2.27. The third-order valence-electron chi connectivity index (χ3n) is 4.26. The highest BCUT2D eigenvalue weighted by molar-refractivity contribution is 6.34. The van der Waals surface area contributed by atoms with Gasteiger partial charge in [-0.3, -0.25) is 9.48 Å². The second-order valence-electron chi connectivity index (χ2n) is 6.06. The first-order valence-corrected chi connectivity index (χ1v) is 7.85. The van der Waals surface area contributed by atoms with Crippen molar-refractivity contribution in [3.8, 4) is 0 Å². The van der Waals surface area contributed by atoms with Crippen LogP contribution in [0.2, 0.25) is 5.02 Å². The summed E-state index contributed by atoms with van der Waals surface area (Å²) in [6, 6.07) is 0. The molecule has 3 heterocycles. The van der Waals surface area contributed by atoms with Gasteiger partial charge in [0.2, 0.25) is 0 Å². The SMILES string of the molecule is CNCC1CN(C(=O)c2nn3c(c2Cl)CN(C)CCC3)C1. The molecule has 0 unspecified atom stereocenters. The van der Waals surface area contributed by atoms with Crippen LogP contribution in [-0.2, 0) is 13.1 Å². The molecule has 1 N–H and O–H groups in total. The van der Waals surface area contributed by atoms with E-state index in [4.69, 9.17) is 11.6 Å². The molecule has 0 aliphatic carbocycles. The van der Waals surface area contributed by atoms with Gasteiger partial charge in [-0.1, -0.05) is 11.6 Å². The average Bonchev–Trinajstić information content (AvgIpc) is 2.60. The number of nitrogens with zero attached hydrogens (tertiary/aromatic N) is 4. The summed E-state index contributed by atoms with van der Waals surface area (Å²) >= 11 is 6.43. The molecule has 0 atom stereocenters. The van der Waals surface area contributed by atoms with Crippen LogP contribution in [0, 0.1) is 5.92 Å². The lowest BCUT2D eigenvalue weighted by molar-refractivity contribution is 0.0497. The Morgan fingerprint density at radius 3 is 2.90 bits per heavy atom. The van der Waals surface area contributed by atoms with Crippen LogP contribution >= 0.6 is 11.6 Å². The van der Waals surface area contributed by atoms with E-state index < -0.39 is 0 Å². The van der Waals surface area contributed by atoms with Crippen molar-refractivity contribution in [3.63, 3.8) is 0 Å². The maximum atomic E-state index is 12.5. The molecule has 0 saturated carbocycles. The lowest BCUT2D eigenvalue weighted by Gasteiger charge is -2.38. The minimum Gasteiger partial charge on any atom is -0.336 e. The Balaban J connectivity index is 1.75. The predicted molar refractivity (Wildman–Crippen MR) is 81.5 cm³/mol. The molecule has 0 spiro atoms. The van der Waals surface area contributed by atoms with Gasteiger partial charge < -0.3 is 15.1 Å². The van der Waals surface area contributed by atoms with E-state index in [9.17, 15) is 4.79 Å². The summed E-state index contributed by atoms with van der Waals surface area (Å²) in [6.45, 7) is 5.13. The number of rotatable bonds is 3. The number of likely N-dealkylation sites (tertiary alicyclic amines) is 1. The van der Waals surface area contributed by atoms with E-state index in [-0.39, 0.29) is 5.91 Å². The predicted octanol–water partition coefficient (Wildman–Crippen LogP) is 0.663. The molecule has 0 bridgehead atoms. The Bertz CT molecular complexity index is 538. The Kier molecular flexibility index (Phi) is 4.19. The van der Waals surface area contributed by atoms with E-state index in [1.807, 2.05) is 16.6 Å². The minimum absolute atomic E-state index is 0.0319. The number of aryl methyl sites for hydroxylation is 1. The van der Waals surface area contributed by atoms with E-state index in [1.54, 1.807) is 0 Å². The third-order valence-corrected chi connectivity index (χ3v) is 4.66. The highest BCUT2D eigenvalue weighted by Gasteiger charge is 2.34.